The number of ether oxygens (including phenoxy) is 2. The van der Waals surface area contributed by atoms with Crippen LogP contribution in [0.25, 0.3) is 0 Å². The molecule has 0 fully saturated rings. The third-order valence-electron chi connectivity index (χ3n) is 6.54. The van der Waals surface area contributed by atoms with Crippen LogP contribution in [-0.4, -0.2) is 46.9 Å². The van der Waals surface area contributed by atoms with Gasteiger partial charge >= 0.3 is 17.9 Å². The molecule has 0 spiro atoms. The molecule has 2 N–H and O–H groups in total. The van der Waals surface area contributed by atoms with Gasteiger partial charge in [0, 0.05) is 0 Å². The van der Waals surface area contributed by atoms with E-state index in [0.29, 0.717) is 12.8 Å². The van der Waals surface area contributed by atoms with Gasteiger partial charge in [0.05, 0.1) is 26.1 Å². The lowest BCUT2D eigenvalue weighted by molar-refractivity contribution is -0.173. The number of aliphatic carboxylic acids is 1. The Labute approximate surface area is 219 Å². The van der Waals surface area contributed by atoms with E-state index in [9.17, 15) is 24.6 Å². The van der Waals surface area contributed by atoms with E-state index in [4.69, 9.17) is 9.47 Å². The van der Waals surface area contributed by atoms with Crippen LogP contribution in [0.4, 0.5) is 0 Å². The van der Waals surface area contributed by atoms with Crippen molar-refractivity contribution < 1.29 is 34.1 Å². The summed E-state index contributed by atoms with van der Waals surface area (Å²) in [5.74, 6) is -3.26. The number of unbranched alkanes of at least 4 members (excludes halogenated alkanes) is 17. The fraction of sp³-hybridized carbons (Fsp3) is 0.897. The number of carbonyl (C=O) groups is 3. The molecule has 0 rings (SSSR count). The molecule has 0 bridgehead atoms. The molecule has 0 radical (unpaired) electrons. The molecule has 0 aliphatic heterocycles. The van der Waals surface area contributed by atoms with Crippen molar-refractivity contribution in [3.8, 4) is 0 Å². The minimum absolute atomic E-state index is 0.187. The number of hydrogen-bond acceptors (Lipinski definition) is 6. The second-order valence-electron chi connectivity index (χ2n) is 10.1. The zero-order chi connectivity index (χ0) is 26.9. The average molecular weight is 515 g/mol. The van der Waals surface area contributed by atoms with Crippen LogP contribution in [-0.2, 0) is 23.9 Å². The van der Waals surface area contributed by atoms with Crippen molar-refractivity contribution in [1.29, 1.82) is 0 Å². The van der Waals surface area contributed by atoms with Crippen molar-refractivity contribution in [2.75, 3.05) is 13.2 Å². The van der Waals surface area contributed by atoms with E-state index in [1.54, 1.807) is 0 Å². The van der Waals surface area contributed by atoms with Crippen LogP contribution in [0.15, 0.2) is 0 Å². The third-order valence-corrected chi connectivity index (χ3v) is 6.54. The first kappa shape index (κ1) is 34.4. The molecule has 7 heteroatoms. The molecule has 0 saturated carbocycles. The van der Waals surface area contributed by atoms with Crippen LogP contribution < -0.4 is 0 Å². The zero-order valence-electron chi connectivity index (χ0n) is 23.2. The third kappa shape index (κ3) is 20.6. The molecule has 0 amide bonds. The summed E-state index contributed by atoms with van der Waals surface area (Å²) >= 11 is 0. The maximum Gasteiger partial charge on any atom is 0.336 e. The molecule has 0 aliphatic rings. The Balaban J connectivity index is 3.92. The van der Waals surface area contributed by atoms with Crippen LogP contribution in [0.1, 0.15) is 149 Å². The smallest absolute Gasteiger partial charge is 0.336 e. The van der Waals surface area contributed by atoms with Gasteiger partial charge in [-0.1, -0.05) is 123 Å². The van der Waals surface area contributed by atoms with E-state index in [1.807, 2.05) is 0 Å². The Morgan fingerprint density at radius 2 is 0.806 bits per heavy atom. The predicted molar refractivity (Wildman–Crippen MR) is 143 cm³/mol. The first-order valence-corrected chi connectivity index (χ1v) is 14.6. The van der Waals surface area contributed by atoms with Gasteiger partial charge in [-0.25, -0.2) is 4.79 Å². The molecule has 0 heterocycles. The van der Waals surface area contributed by atoms with Gasteiger partial charge in [-0.2, -0.15) is 0 Å². The fourth-order valence-electron chi connectivity index (χ4n) is 4.17. The topological polar surface area (TPSA) is 110 Å². The molecule has 0 saturated heterocycles. The van der Waals surface area contributed by atoms with Gasteiger partial charge in [-0.05, 0) is 12.8 Å². The van der Waals surface area contributed by atoms with Crippen LogP contribution >= 0.6 is 0 Å². The molecule has 36 heavy (non-hydrogen) atoms. The molecule has 1 unspecified atom stereocenters. The Hall–Kier alpha value is -1.63. The number of hydrogen-bond donors (Lipinski definition) is 2. The maximum absolute atomic E-state index is 12.1. The molecule has 0 aromatic heterocycles. The largest absolute Gasteiger partial charge is 0.479 e. The second-order valence-corrected chi connectivity index (χ2v) is 10.1. The average Bonchev–Trinajstić information content (AvgIpc) is 2.83. The Morgan fingerprint density at radius 1 is 0.528 bits per heavy atom. The van der Waals surface area contributed by atoms with E-state index in [0.717, 1.165) is 32.1 Å². The molecule has 1 atom stereocenters. The molecular weight excluding hydrogens is 460 g/mol. The highest BCUT2D eigenvalue weighted by Crippen LogP contribution is 2.19. The Bertz CT molecular complexity index is 564. The number of esters is 2. The summed E-state index contributed by atoms with van der Waals surface area (Å²) in [7, 11) is 0. The second kappa shape index (κ2) is 23.7. The van der Waals surface area contributed by atoms with E-state index in [1.165, 1.54) is 77.0 Å². The lowest BCUT2D eigenvalue weighted by Crippen LogP contribution is -2.43. The first-order chi connectivity index (χ1) is 17.4. The molecule has 212 valence electrons. The van der Waals surface area contributed by atoms with E-state index in [-0.39, 0.29) is 13.2 Å². The highest BCUT2D eigenvalue weighted by Gasteiger charge is 2.42. The highest BCUT2D eigenvalue weighted by atomic mass is 16.5. The van der Waals surface area contributed by atoms with Gasteiger partial charge in [0.25, 0.3) is 0 Å². The first-order valence-electron chi connectivity index (χ1n) is 14.6. The monoisotopic (exact) mass is 514 g/mol. The standard InChI is InChI=1S/C29H54O7/c1-3-5-7-9-11-13-14-15-17-19-21-23-36-27(31)25-29(34,28(32)33)24-26(30)35-22-20-18-16-12-10-8-6-4-2/h34H,3-25H2,1-2H3,(H,32,33). The zero-order valence-corrected chi connectivity index (χ0v) is 23.2. The van der Waals surface area contributed by atoms with Crippen LogP contribution in [0, 0.1) is 0 Å². The fourth-order valence-corrected chi connectivity index (χ4v) is 4.17. The van der Waals surface area contributed by atoms with Gasteiger partial charge in [0.2, 0.25) is 0 Å². The van der Waals surface area contributed by atoms with Crippen LogP contribution in [0.2, 0.25) is 0 Å². The molecule has 0 aliphatic carbocycles. The minimum Gasteiger partial charge on any atom is -0.479 e. The van der Waals surface area contributed by atoms with Gasteiger partial charge in [-0.15, -0.1) is 0 Å². The number of rotatable bonds is 26. The van der Waals surface area contributed by atoms with Gasteiger partial charge in [0.15, 0.2) is 5.60 Å². The van der Waals surface area contributed by atoms with E-state index in [2.05, 4.69) is 13.8 Å². The van der Waals surface area contributed by atoms with Gasteiger partial charge in [0.1, 0.15) is 0 Å². The molecular formula is C29H54O7. The van der Waals surface area contributed by atoms with Crippen molar-refractivity contribution in [2.45, 2.75) is 154 Å². The van der Waals surface area contributed by atoms with Crippen LogP contribution in [0.5, 0.6) is 0 Å². The van der Waals surface area contributed by atoms with Crippen molar-refractivity contribution in [1.82, 2.24) is 0 Å². The lowest BCUT2D eigenvalue weighted by Gasteiger charge is -2.21. The maximum atomic E-state index is 12.1. The normalized spacial score (nSPS) is 12.8. The molecule has 7 nitrogen and oxygen atoms in total. The quantitative estimate of drug-likeness (QED) is 0.0933. The van der Waals surface area contributed by atoms with E-state index >= 15 is 0 Å². The van der Waals surface area contributed by atoms with Crippen molar-refractivity contribution in [3.05, 3.63) is 0 Å². The van der Waals surface area contributed by atoms with Gasteiger partial charge < -0.3 is 19.7 Å². The van der Waals surface area contributed by atoms with Crippen molar-refractivity contribution in [2.24, 2.45) is 0 Å². The van der Waals surface area contributed by atoms with E-state index < -0.39 is 36.4 Å². The summed E-state index contributed by atoms with van der Waals surface area (Å²) in [6.07, 6.45) is 20.2. The SMILES string of the molecule is CCCCCCCCCCCCCOC(=O)CC(O)(CC(=O)OCCCCCCCCCC)C(=O)O. The number of carboxylic acid groups (broad SMARTS) is 1. The Morgan fingerprint density at radius 3 is 1.08 bits per heavy atom. The molecule has 0 aromatic rings. The minimum atomic E-state index is -2.51. The van der Waals surface area contributed by atoms with Crippen LogP contribution in [0.3, 0.4) is 0 Å². The predicted octanol–water partition coefficient (Wildman–Crippen LogP) is 7.12. The lowest BCUT2D eigenvalue weighted by atomic mass is 9.96. The van der Waals surface area contributed by atoms with Gasteiger partial charge in [-0.3, -0.25) is 9.59 Å². The summed E-state index contributed by atoms with van der Waals surface area (Å²) in [6.45, 7) is 4.78. The number of carboxylic acids is 1. The highest BCUT2D eigenvalue weighted by molar-refractivity contribution is 5.88. The van der Waals surface area contributed by atoms with Crippen molar-refractivity contribution in [3.63, 3.8) is 0 Å². The summed E-state index contributed by atoms with van der Waals surface area (Å²) in [5, 5.41) is 19.7. The summed E-state index contributed by atoms with van der Waals surface area (Å²) < 4.78 is 10.2. The summed E-state index contributed by atoms with van der Waals surface area (Å²) in [4.78, 5) is 35.6. The number of aliphatic hydroxyl groups is 1. The van der Waals surface area contributed by atoms with Crippen molar-refractivity contribution >= 4 is 17.9 Å². The summed E-state index contributed by atoms with van der Waals surface area (Å²) in [5.41, 5.74) is -2.51. The summed E-state index contributed by atoms with van der Waals surface area (Å²) in [6, 6.07) is 0. The Kier molecular flexibility index (Phi) is 22.7. The molecule has 0 aromatic carbocycles. The number of carbonyl (C=O) groups excluding carboxylic acids is 2.